The molecule has 2 aromatic rings. The normalized spacial score (nSPS) is 12.5. The summed E-state index contributed by atoms with van der Waals surface area (Å²) < 4.78 is 54.9. The van der Waals surface area contributed by atoms with Gasteiger partial charge in [-0.15, -0.1) is 0 Å². The summed E-state index contributed by atoms with van der Waals surface area (Å²) in [6, 6.07) is 10.3. The van der Waals surface area contributed by atoms with E-state index in [4.69, 9.17) is 0 Å². The van der Waals surface area contributed by atoms with Crippen LogP contribution in [0.15, 0.2) is 46.2 Å². The first kappa shape index (κ1) is 23.5. The molecule has 2 rings (SSSR count). The Balaban J connectivity index is 2.21. The van der Waals surface area contributed by atoms with Gasteiger partial charge in [-0.3, -0.25) is 0 Å². The zero-order valence-electron chi connectivity index (χ0n) is 17.1. The molecule has 0 aliphatic rings. The van der Waals surface area contributed by atoms with Crippen LogP contribution < -0.4 is 4.72 Å². The molecule has 0 atom stereocenters. The van der Waals surface area contributed by atoms with Crippen molar-refractivity contribution in [2.24, 2.45) is 0 Å². The number of benzene rings is 2. The molecule has 2 aromatic carbocycles. The minimum absolute atomic E-state index is 0.0969. The monoisotopic (exact) mass is 440 g/mol. The predicted octanol–water partition coefficient (Wildman–Crippen LogP) is 1.88. The molecule has 0 amide bonds. The van der Waals surface area contributed by atoms with Crippen LogP contribution in [-0.4, -0.2) is 52.5 Å². The zero-order valence-corrected chi connectivity index (χ0v) is 18.8. The lowest BCUT2D eigenvalue weighted by atomic mass is 10.2. The number of aryl methyl sites for hydroxylation is 4. The van der Waals surface area contributed by atoms with E-state index in [1.807, 2.05) is 12.1 Å². The van der Waals surface area contributed by atoms with Gasteiger partial charge in [-0.25, -0.2) is 21.6 Å². The van der Waals surface area contributed by atoms with E-state index in [2.05, 4.69) is 4.72 Å². The number of sulfonamides is 2. The van der Waals surface area contributed by atoms with Crippen molar-refractivity contribution in [3.63, 3.8) is 0 Å². The summed E-state index contributed by atoms with van der Waals surface area (Å²) >= 11 is 0. The molecule has 0 aromatic heterocycles. The number of nitrogens with zero attached hydrogens (tertiary/aromatic N) is 1. The van der Waals surface area contributed by atoms with E-state index in [1.54, 1.807) is 52.0 Å². The second kappa shape index (κ2) is 9.36. The largest absolute Gasteiger partial charge is 0.395 e. The summed E-state index contributed by atoms with van der Waals surface area (Å²) in [5.74, 6) is 0. The Bertz CT molecular complexity index is 1080. The lowest BCUT2D eigenvalue weighted by Crippen LogP contribution is -2.40. The van der Waals surface area contributed by atoms with E-state index in [9.17, 15) is 21.9 Å². The first-order valence-corrected chi connectivity index (χ1v) is 12.2. The molecule has 0 bridgehead atoms. The second-order valence-corrected chi connectivity index (χ2v) is 10.7. The van der Waals surface area contributed by atoms with E-state index in [0.717, 1.165) is 15.4 Å². The summed E-state index contributed by atoms with van der Waals surface area (Å²) in [6.45, 7) is 6.31. The highest BCUT2D eigenvalue weighted by Crippen LogP contribution is 2.21. The van der Waals surface area contributed by atoms with E-state index < -0.39 is 20.0 Å². The van der Waals surface area contributed by atoms with Crippen molar-refractivity contribution in [1.82, 2.24) is 9.03 Å². The van der Waals surface area contributed by atoms with Crippen molar-refractivity contribution >= 4 is 20.0 Å². The molecule has 0 saturated heterocycles. The highest BCUT2D eigenvalue weighted by Gasteiger charge is 2.26. The number of aliphatic hydroxyl groups is 1. The van der Waals surface area contributed by atoms with Crippen LogP contribution in [0.2, 0.25) is 0 Å². The minimum Gasteiger partial charge on any atom is -0.395 e. The lowest BCUT2D eigenvalue weighted by Gasteiger charge is -2.23. The maximum atomic E-state index is 13.1. The first-order chi connectivity index (χ1) is 13.5. The summed E-state index contributed by atoms with van der Waals surface area (Å²) in [5.41, 5.74) is 2.82. The number of hydrogen-bond acceptors (Lipinski definition) is 5. The Kier molecular flexibility index (Phi) is 7.58. The Morgan fingerprint density at radius 2 is 1.34 bits per heavy atom. The van der Waals surface area contributed by atoms with Gasteiger partial charge in [0, 0.05) is 19.6 Å². The molecule has 0 heterocycles. The van der Waals surface area contributed by atoms with Crippen LogP contribution >= 0.6 is 0 Å². The summed E-state index contributed by atoms with van der Waals surface area (Å²) in [5, 5.41) is 9.33. The molecule has 9 heteroatoms. The molecule has 0 aliphatic carbocycles. The third kappa shape index (κ3) is 5.64. The van der Waals surface area contributed by atoms with Gasteiger partial charge >= 0.3 is 0 Å². The van der Waals surface area contributed by atoms with Crippen LogP contribution in [0.1, 0.15) is 22.3 Å². The zero-order chi connectivity index (χ0) is 21.8. The van der Waals surface area contributed by atoms with Crippen molar-refractivity contribution in [3.05, 3.63) is 58.7 Å². The van der Waals surface area contributed by atoms with Gasteiger partial charge in [-0.05, 0) is 62.1 Å². The number of aliphatic hydroxyl groups excluding tert-OH is 1. The smallest absolute Gasteiger partial charge is 0.243 e. The average molecular weight is 441 g/mol. The number of rotatable bonds is 9. The summed E-state index contributed by atoms with van der Waals surface area (Å²) in [6.07, 6.45) is 0. The molecular weight excluding hydrogens is 412 g/mol. The molecule has 0 unspecified atom stereocenters. The highest BCUT2D eigenvalue weighted by molar-refractivity contribution is 7.89. The fourth-order valence-corrected chi connectivity index (χ4v) is 6.06. The van der Waals surface area contributed by atoms with Crippen molar-refractivity contribution in [2.75, 3.05) is 26.2 Å². The van der Waals surface area contributed by atoms with Crippen molar-refractivity contribution < 1.29 is 21.9 Å². The Morgan fingerprint density at radius 1 is 0.828 bits per heavy atom. The van der Waals surface area contributed by atoms with Crippen LogP contribution in [-0.2, 0) is 20.0 Å². The lowest BCUT2D eigenvalue weighted by molar-refractivity contribution is 0.254. The Morgan fingerprint density at radius 3 is 1.90 bits per heavy atom. The maximum absolute atomic E-state index is 13.1. The van der Waals surface area contributed by atoms with Gasteiger partial charge < -0.3 is 5.11 Å². The molecule has 2 N–H and O–H groups in total. The maximum Gasteiger partial charge on any atom is 0.243 e. The topological polar surface area (TPSA) is 104 Å². The van der Waals surface area contributed by atoms with Gasteiger partial charge in [0.05, 0.1) is 16.4 Å². The molecule has 160 valence electrons. The van der Waals surface area contributed by atoms with Crippen molar-refractivity contribution in [2.45, 2.75) is 37.5 Å². The van der Waals surface area contributed by atoms with Crippen molar-refractivity contribution in [1.29, 1.82) is 0 Å². The molecule has 0 radical (unpaired) electrons. The van der Waals surface area contributed by atoms with E-state index in [0.29, 0.717) is 11.1 Å². The van der Waals surface area contributed by atoms with Gasteiger partial charge in [-0.2, -0.15) is 4.31 Å². The van der Waals surface area contributed by atoms with Gasteiger partial charge in [0.15, 0.2) is 0 Å². The molecule has 0 fully saturated rings. The number of nitrogens with one attached hydrogen (secondary N) is 1. The Hall–Kier alpha value is -1.78. The molecular formula is C20H28N2O5S2. The van der Waals surface area contributed by atoms with E-state index in [-0.39, 0.29) is 36.0 Å². The fourth-order valence-electron chi connectivity index (χ4n) is 2.97. The first-order valence-electron chi connectivity index (χ1n) is 9.24. The van der Waals surface area contributed by atoms with Gasteiger partial charge in [-0.1, -0.05) is 24.3 Å². The Labute approximate surface area is 173 Å². The molecule has 0 saturated carbocycles. The molecule has 29 heavy (non-hydrogen) atoms. The van der Waals surface area contributed by atoms with Gasteiger partial charge in [0.25, 0.3) is 0 Å². The SMILES string of the molecule is Cc1ccc(C)c(S(=O)(=O)NCCN(CCO)S(=O)(=O)c2cc(C)ccc2C)c1. The van der Waals surface area contributed by atoms with Crippen LogP contribution in [0.25, 0.3) is 0 Å². The quantitative estimate of drug-likeness (QED) is 0.620. The highest BCUT2D eigenvalue weighted by atomic mass is 32.2. The third-order valence-electron chi connectivity index (χ3n) is 4.60. The minimum atomic E-state index is -3.88. The van der Waals surface area contributed by atoms with E-state index >= 15 is 0 Å². The second-order valence-electron chi connectivity index (χ2n) is 7.06. The molecule has 0 spiro atoms. The third-order valence-corrected chi connectivity index (χ3v) is 8.24. The molecule has 0 aliphatic heterocycles. The number of hydrogen-bond donors (Lipinski definition) is 2. The van der Waals surface area contributed by atoms with E-state index in [1.165, 1.54) is 0 Å². The van der Waals surface area contributed by atoms with Crippen molar-refractivity contribution in [3.8, 4) is 0 Å². The van der Waals surface area contributed by atoms with Gasteiger partial charge in [0.1, 0.15) is 0 Å². The van der Waals surface area contributed by atoms with Crippen LogP contribution in [0, 0.1) is 27.7 Å². The summed E-state index contributed by atoms with van der Waals surface area (Å²) in [4.78, 5) is 0.326. The van der Waals surface area contributed by atoms with Crippen LogP contribution in [0.4, 0.5) is 0 Å². The predicted molar refractivity (Wildman–Crippen MR) is 113 cm³/mol. The standard InChI is InChI=1S/C20H28N2O5S2/c1-15-5-7-17(3)19(13-15)28(24,25)21-9-10-22(11-12-23)29(26,27)20-14-16(2)6-8-18(20)4/h5-8,13-14,21,23H,9-12H2,1-4H3. The fraction of sp³-hybridized carbons (Fsp3) is 0.400. The average Bonchev–Trinajstić information content (AvgIpc) is 2.64. The summed E-state index contributed by atoms with van der Waals surface area (Å²) in [7, 11) is -7.66. The van der Waals surface area contributed by atoms with Crippen LogP contribution in [0.3, 0.4) is 0 Å². The molecule has 7 nitrogen and oxygen atoms in total. The van der Waals surface area contributed by atoms with Gasteiger partial charge in [0.2, 0.25) is 20.0 Å². The van der Waals surface area contributed by atoms with Crippen LogP contribution in [0.5, 0.6) is 0 Å².